The molecule has 29 heavy (non-hydrogen) atoms. The second-order valence-electron chi connectivity index (χ2n) is 7.27. The Labute approximate surface area is 171 Å². The van der Waals surface area contributed by atoms with E-state index in [9.17, 15) is 19.8 Å². The number of hydrogen-bond acceptors (Lipinski definition) is 6. The molecule has 0 saturated carbocycles. The summed E-state index contributed by atoms with van der Waals surface area (Å²) in [7, 11) is 1.68. The van der Waals surface area contributed by atoms with Gasteiger partial charge in [0.15, 0.2) is 4.96 Å². The predicted molar refractivity (Wildman–Crippen MR) is 108 cm³/mol. The minimum atomic E-state index is -0.785. The average molecular weight is 414 g/mol. The van der Waals surface area contributed by atoms with Gasteiger partial charge in [0.2, 0.25) is 5.91 Å². The number of phenolic OH excluding ortho intramolecular Hbond substituents is 1. The van der Waals surface area contributed by atoms with Crippen LogP contribution in [0.2, 0.25) is 0 Å². The number of rotatable bonds is 4. The highest BCUT2D eigenvalue weighted by atomic mass is 32.1. The van der Waals surface area contributed by atoms with Gasteiger partial charge in [-0.15, -0.1) is 11.3 Å². The van der Waals surface area contributed by atoms with E-state index in [-0.39, 0.29) is 30.2 Å². The van der Waals surface area contributed by atoms with E-state index in [1.807, 2.05) is 22.9 Å². The van der Waals surface area contributed by atoms with Gasteiger partial charge in [-0.2, -0.15) is 0 Å². The molecule has 0 aliphatic carbocycles. The number of hydrogen-bond donors (Lipinski definition) is 2. The standard InChI is InChI=1S/C20H22N4O4S/c1-12-16(23-7-8-29-20(23)21-12)11-22(2)19(28)15-9-13(25)10-24(15)18(27)14-5-3-4-6-17(14)26/h3-8,13,15,25-26H,9-11H2,1-2H3. The third-order valence-corrected chi connectivity index (χ3v) is 6.04. The largest absolute Gasteiger partial charge is 0.507 e. The lowest BCUT2D eigenvalue weighted by Crippen LogP contribution is -2.46. The number of fused-ring (bicyclic) bond motifs is 1. The van der Waals surface area contributed by atoms with E-state index in [4.69, 9.17) is 0 Å². The van der Waals surface area contributed by atoms with Crippen molar-refractivity contribution in [3.63, 3.8) is 0 Å². The number of β-amino-alcohol motifs (C(OH)–C–C–N with tert-alkyl or cyclic N) is 1. The van der Waals surface area contributed by atoms with Crippen molar-refractivity contribution in [3.05, 3.63) is 52.8 Å². The molecule has 2 aromatic heterocycles. The van der Waals surface area contributed by atoms with Crippen molar-refractivity contribution >= 4 is 28.1 Å². The monoisotopic (exact) mass is 414 g/mol. The first-order valence-corrected chi connectivity index (χ1v) is 10.2. The molecule has 2 unspecified atom stereocenters. The fourth-order valence-corrected chi connectivity index (χ4v) is 4.55. The Morgan fingerprint density at radius 2 is 2.10 bits per heavy atom. The number of carbonyl (C=O) groups is 2. The fourth-order valence-electron chi connectivity index (χ4n) is 3.77. The van der Waals surface area contributed by atoms with E-state index < -0.39 is 18.1 Å². The number of amides is 2. The van der Waals surface area contributed by atoms with Gasteiger partial charge in [0.25, 0.3) is 5.91 Å². The highest BCUT2D eigenvalue weighted by Crippen LogP contribution is 2.26. The molecular formula is C20H22N4O4S. The Hall–Kier alpha value is -2.91. The van der Waals surface area contributed by atoms with Gasteiger partial charge in [0, 0.05) is 31.6 Å². The number of imidazole rings is 1. The van der Waals surface area contributed by atoms with Crippen LogP contribution >= 0.6 is 11.3 Å². The van der Waals surface area contributed by atoms with Crippen LogP contribution in [-0.4, -0.2) is 67.0 Å². The third-order valence-electron chi connectivity index (χ3n) is 5.28. The number of para-hydroxylation sites is 1. The summed E-state index contributed by atoms with van der Waals surface area (Å²) >= 11 is 1.53. The third kappa shape index (κ3) is 3.47. The van der Waals surface area contributed by atoms with Crippen molar-refractivity contribution < 1.29 is 19.8 Å². The molecule has 1 saturated heterocycles. The van der Waals surface area contributed by atoms with Crippen molar-refractivity contribution in [2.24, 2.45) is 0 Å². The quantitative estimate of drug-likeness (QED) is 0.676. The number of likely N-dealkylation sites (tertiary alicyclic amines) is 1. The molecule has 4 rings (SSSR count). The van der Waals surface area contributed by atoms with Gasteiger partial charge >= 0.3 is 0 Å². The van der Waals surface area contributed by atoms with Crippen LogP contribution in [0.5, 0.6) is 5.75 Å². The summed E-state index contributed by atoms with van der Waals surface area (Å²) in [5, 5.41) is 22.1. The summed E-state index contributed by atoms with van der Waals surface area (Å²) in [6.45, 7) is 2.30. The van der Waals surface area contributed by atoms with Gasteiger partial charge in [0.05, 0.1) is 29.6 Å². The number of carbonyl (C=O) groups excluding carboxylic acids is 2. The summed E-state index contributed by atoms with van der Waals surface area (Å²) in [5.74, 6) is -0.866. The van der Waals surface area contributed by atoms with Gasteiger partial charge < -0.3 is 20.0 Å². The maximum Gasteiger partial charge on any atom is 0.258 e. The minimum Gasteiger partial charge on any atom is -0.507 e. The van der Waals surface area contributed by atoms with E-state index >= 15 is 0 Å². The zero-order valence-corrected chi connectivity index (χ0v) is 17.0. The molecule has 1 aromatic carbocycles. The molecule has 1 fully saturated rings. The molecule has 8 nitrogen and oxygen atoms in total. The van der Waals surface area contributed by atoms with Crippen LogP contribution in [0.25, 0.3) is 4.96 Å². The zero-order valence-electron chi connectivity index (χ0n) is 16.1. The molecule has 1 aliphatic heterocycles. The Morgan fingerprint density at radius 3 is 2.86 bits per heavy atom. The second kappa shape index (κ2) is 7.49. The van der Waals surface area contributed by atoms with Crippen molar-refractivity contribution in [1.29, 1.82) is 0 Å². The van der Waals surface area contributed by atoms with Crippen LogP contribution in [0.15, 0.2) is 35.8 Å². The first-order chi connectivity index (χ1) is 13.9. The highest BCUT2D eigenvalue weighted by molar-refractivity contribution is 7.15. The molecule has 2 amide bonds. The van der Waals surface area contributed by atoms with Crippen LogP contribution in [0.3, 0.4) is 0 Å². The molecule has 3 aromatic rings. The van der Waals surface area contributed by atoms with Crippen LogP contribution < -0.4 is 0 Å². The Kier molecular flexibility index (Phi) is 5.01. The number of benzene rings is 1. The number of phenols is 1. The maximum atomic E-state index is 13.2. The molecule has 2 N–H and O–H groups in total. The van der Waals surface area contributed by atoms with E-state index in [0.717, 1.165) is 16.3 Å². The molecule has 0 radical (unpaired) electrons. The lowest BCUT2D eigenvalue weighted by atomic mass is 10.1. The molecule has 9 heteroatoms. The molecule has 1 aliphatic rings. The van der Waals surface area contributed by atoms with Crippen LogP contribution in [0.1, 0.15) is 28.2 Å². The first kappa shape index (κ1) is 19.4. The first-order valence-electron chi connectivity index (χ1n) is 9.30. The van der Waals surface area contributed by atoms with Crippen molar-refractivity contribution in [2.45, 2.75) is 32.0 Å². The minimum absolute atomic E-state index is 0.0535. The number of aliphatic hydroxyl groups excluding tert-OH is 1. The SMILES string of the molecule is Cc1nc2sccn2c1CN(C)C(=O)C1CC(O)CN1C(=O)c1ccccc1O. The Balaban J connectivity index is 1.56. The zero-order chi connectivity index (χ0) is 20.7. The number of thiazole rings is 1. The molecule has 2 atom stereocenters. The van der Waals surface area contributed by atoms with E-state index in [1.54, 1.807) is 24.1 Å². The van der Waals surface area contributed by atoms with Gasteiger partial charge in [-0.05, 0) is 19.1 Å². The molecule has 0 bridgehead atoms. The topological polar surface area (TPSA) is 98.4 Å². The van der Waals surface area contributed by atoms with Crippen molar-refractivity contribution in [2.75, 3.05) is 13.6 Å². The normalized spacial score (nSPS) is 19.1. The number of aryl methyl sites for hydroxylation is 1. The van der Waals surface area contributed by atoms with E-state index in [0.29, 0.717) is 6.54 Å². The average Bonchev–Trinajstić information content (AvgIpc) is 3.37. The lowest BCUT2D eigenvalue weighted by Gasteiger charge is -2.28. The number of nitrogens with zero attached hydrogens (tertiary/aromatic N) is 4. The van der Waals surface area contributed by atoms with Gasteiger partial charge in [-0.25, -0.2) is 4.98 Å². The Morgan fingerprint density at radius 1 is 1.34 bits per heavy atom. The number of aromatic hydroxyl groups is 1. The predicted octanol–water partition coefficient (Wildman–Crippen LogP) is 1.64. The van der Waals surface area contributed by atoms with Gasteiger partial charge in [0.1, 0.15) is 11.8 Å². The number of likely N-dealkylation sites (N-methyl/N-ethyl adjacent to an activating group) is 1. The van der Waals surface area contributed by atoms with E-state index in [2.05, 4.69) is 4.98 Å². The summed E-state index contributed by atoms with van der Waals surface area (Å²) in [5.41, 5.74) is 1.88. The van der Waals surface area contributed by atoms with Crippen LogP contribution in [0, 0.1) is 6.92 Å². The second-order valence-corrected chi connectivity index (χ2v) is 8.15. The molecular weight excluding hydrogens is 392 g/mol. The van der Waals surface area contributed by atoms with Crippen LogP contribution in [-0.2, 0) is 11.3 Å². The summed E-state index contributed by atoms with van der Waals surface area (Å²) < 4.78 is 1.96. The van der Waals surface area contributed by atoms with Gasteiger partial charge in [-0.3, -0.25) is 14.0 Å². The summed E-state index contributed by atoms with van der Waals surface area (Å²) in [6.07, 6.45) is 1.30. The molecule has 3 heterocycles. The smallest absolute Gasteiger partial charge is 0.258 e. The summed E-state index contributed by atoms with van der Waals surface area (Å²) in [4.78, 5) is 34.4. The molecule has 152 valence electrons. The number of aliphatic hydroxyl groups is 1. The number of aromatic nitrogens is 2. The van der Waals surface area contributed by atoms with E-state index in [1.165, 1.54) is 28.4 Å². The Bertz CT molecular complexity index is 1080. The lowest BCUT2D eigenvalue weighted by molar-refractivity contribution is -0.134. The highest BCUT2D eigenvalue weighted by Gasteiger charge is 2.41. The van der Waals surface area contributed by atoms with Crippen molar-refractivity contribution in [3.8, 4) is 5.75 Å². The van der Waals surface area contributed by atoms with Crippen LogP contribution in [0.4, 0.5) is 0 Å². The molecule has 0 spiro atoms. The fraction of sp³-hybridized carbons (Fsp3) is 0.350. The van der Waals surface area contributed by atoms with Gasteiger partial charge in [-0.1, -0.05) is 12.1 Å². The summed E-state index contributed by atoms with van der Waals surface area (Å²) in [6, 6.07) is 5.43. The maximum absolute atomic E-state index is 13.2. The van der Waals surface area contributed by atoms with Crippen molar-refractivity contribution in [1.82, 2.24) is 19.2 Å².